The van der Waals surface area contributed by atoms with Crippen LogP contribution < -0.4 is 4.74 Å². The molecule has 5 atom stereocenters. The molecule has 2 heterocycles. The summed E-state index contributed by atoms with van der Waals surface area (Å²) in [5.74, 6) is -4.35. The van der Waals surface area contributed by atoms with Crippen molar-refractivity contribution < 1.29 is 69.4 Å². The Kier molecular flexibility index (Phi) is 8.33. The highest BCUT2D eigenvalue weighted by molar-refractivity contribution is 5.89. The third-order valence-corrected chi connectivity index (χ3v) is 6.75. The van der Waals surface area contributed by atoms with E-state index in [4.69, 9.17) is 18.6 Å². The second kappa shape index (κ2) is 12.1. The Hall–Kier alpha value is -5.28. The van der Waals surface area contributed by atoms with Crippen molar-refractivity contribution in [3.05, 3.63) is 66.2 Å². The molecule has 0 amide bonds. The lowest BCUT2D eigenvalue weighted by Gasteiger charge is -2.39. The van der Waals surface area contributed by atoms with Crippen LogP contribution in [0.5, 0.6) is 40.2 Å². The van der Waals surface area contributed by atoms with E-state index < -0.39 is 66.3 Å². The number of phenols is 6. The van der Waals surface area contributed by atoms with Crippen LogP contribution in [-0.2, 0) is 14.3 Å². The van der Waals surface area contributed by atoms with Crippen LogP contribution in [0.1, 0.15) is 5.56 Å². The zero-order valence-electron chi connectivity index (χ0n) is 22.5. The monoisotopic (exact) mass is 611 g/mol. The number of ether oxygens (including phenoxy) is 3. The predicted octanol–water partition coefficient (Wildman–Crippen LogP) is 2.06. The molecule has 0 radical (unpaired) electrons. The van der Waals surface area contributed by atoms with Crippen molar-refractivity contribution in [3.63, 3.8) is 0 Å². The number of esters is 1. The van der Waals surface area contributed by atoms with Crippen LogP contribution in [0.25, 0.3) is 28.4 Å². The van der Waals surface area contributed by atoms with Gasteiger partial charge in [-0.3, -0.25) is 0 Å². The molecule has 1 fully saturated rings. The first-order valence-electron chi connectivity index (χ1n) is 13.0. The Labute approximate surface area is 247 Å². The molecule has 44 heavy (non-hydrogen) atoms. The van der Waals surface area contributed by atoms with E-state index in [2.05, 4.69) is 0 Å². The summed E-state index contributed by atoms with van der Waals surface area (Å²) in [5, 5.41) is 91.2. The molecule has 0 unspecified atom stereocenters. The second-order valence-corrected chi connectivity index (χ2v) is 9.87. The normalized spacial score (nSPS) is 21.8. The first kappa shape index (κ1) is 30.2. The van der Waals surface area contributed by atoms with Crippen molar-refractivity contribution in [2.75, 3.05) is 6.61 Å². The number of hydrogen-bond donors (Lipinski definition) is 9. The highest BCUT2D eigenvalue weighted by atomic mass is 16.7. The van der Waals surface area contributed by atoms with Crippen LogP contribution in [0, 0.1) is 0 Å². The molecule has 9 N–H and O–H groups in total. The van der Waals surface area contributed by atoms with E-state index in [1.807, 2.05) is 0 Å². The second-order valence-electron chi connectivity index (χ2n) is 9.87. The van der Waals surface area contributed by atoms with Gasteiger partial charge in [-0.25, -0.2) is 9.21 Å². The number of fused-ring (bicyclic) bond motifs is 1. The minimum absolute atomic E-state index is 0.0190. The van der Waals surface area contributed by atoms with Gasteiger partial charge in [-0.1, -0.05) is 12.1 Å². The van der Waals surface area contributed by atoms with Gasteiger partial charge in [0.15, 0.2) is 17.2 Å². The fourth-order valence-corrected chi connectivity index (χ4v) is 4.45. The molecule has 4 aromatic rings. The molecule has 0 spiro atoms. The van der Waals surface area contributed by atoms with Crippen LogP contribution in [0.15, 0.2) is 65.1 Å². The third-order valence-electron chi connectivity index (χ3n) is 6.75. The molecule has 1 saturated heterocycles. The number of hydrogen-bond acceptors (Lipinski definition) is 13. The lowest BCUT2D eigenvalue weighted by molar-refractivity contribution is -0.278. The lowest BCUT2D eigenvalue weighted by Crippen LogP contribution is -2.60. The van der Waals surface area contributed by atoms with Gasteiger partial charge in [0, 0.05) is 30.3 Å². The molecule has 3 aromatic carbocycles. The summed E-state index contributed by atoms with van der Waals surface area (Å²) in [5.41, 5.74) is 0.464. The molecule has 5 rings (SSSR count). The van der Waals surface area contributed by atoms with Crippen LogP contribution in [0.2, 0.25) is 0 Å². The first-order valence-corrected chi connectivity index (χ1v) is 13.0. The van der Waals surface area contributed by atoms with Crippen molar-refractivity contribution in [2.24, 2.45) is 0 Å². The average molecular weight is 612 g/mol. The molecule has 1 aliphatic rings. The van der Waals surface area contributed by atoms with E-state index in [1.165, 1.54) is 24.3 Å². The molecule has 1 aromatic heterocycles. The molecule has 14 nitrogen and oxygen atoms in total. The summed E-state index contributed by atoms with van der Waals surface area (Å²) in [6, 6.07) is 11.4. The fourth-order valence-electron chi connectivity index (χ4n) is 4.45. The number of carbonyl (C=O) groups is 1. The zero-order chi connectivity index (χ0) is 31.7. The van der Waals surface area contributed by atoms with Crippen molar-refractivity contribution >= 4 is 23.0 Å². The number of aliphatic hydroxyl groups is 3. The molecule has 0 bridgehead atoms. The van der Waals surface area contributed by atoms with Crippen molar-refractivity contribution in [1.29, 1.82) is 0 Å². The predicted molar refractivity (Wildman–Crippen MR) is 150 cm³/mol. The van der Waals surface area contributed by atoms with Crippen LogP contribution in [0.4, 0.5) is 0 Å². The quantitative estimate of drug-likeness (QED) is 0.0629. The number of carbonyl (C=O) groups excluding carboxylic acids is 1. The van der Waals surface area contributed by atoms with E-state index in [0.717, 1.165) is 30.3 Å². The molecular weight excluding hydrogens is 584 g/mol. The van der Waals surface area contributed by atoms with Crippen LogP contribution in [0.3, 0.4) is 0 Å². The molecule has 0 aliphatic carbocycles. The number of rotatable bonds is 7. The minimum atomic E-state index is -1.86. The topological polar surface area (TPSA) is 238 Å². The van der Waals surface area contributed by atoms with Crippen molar-refractivity contribution in [3.8, 4) is 51.6 Å². The van der Waals surface area contributed by atoms with Gasteiger partial charge < -0.3 is 60.2 Å². The molecule has 14 heteroatoms. The molecule has 1 aliphatic heterocycles. The number of aliphatic hydroxyl groups excluding tert-OH is 3. The highest BCUT2D eigenvalue weighted by Gasteiger charge is 2.46. The maximum absolute atomic E-state index is 12.3. The van der Waals surface area contributed by atoms with Gasteiger partial charge >= 0.3 is 17.3 Å². The maximum Gasteiger partial charge on any atom is 0.402 e. The van der Waals surface area contributed by atoms with Gasteiger partial charge in [-0.05, 0) is 23.8 Å². The van der Waals surface area contributed by atoms with E-state index in [-0.39, 0.29) is 39.5 Å². The van der Waals surface area contributed by atoms with Gasteiger partial charge in [0.25, 0.3) is 0 Å². The summed E-state index contributed by atoms with van der Waals surface area (Å²) in [4.78, 5) is 12.3. The van der Waals surface area contributed by atoms with E-state index in [1.54, 1.807) is 12.1 Å². The zero-order valence-corrected chi connectivity index (χ0v) is 22.5. The SMILES string of the molecule is O=C(/C=C/c1ccc(O)cc1)OC[C@H]1O[C@@H](Oc2cc3c(O)cc(O)cc3[o+]c2-c2cc(O)c(O)c(O)c2)[C@H](O)[C@@H](O)[C@@H]1O. The first-order chi connectivity index (χ1) is 20.9. The lowest BCUT2D eigenvalue weighted by atomic mass is 9.99. The minimum Gasteiger partial charge on any atom is -0.508 e. The summed E-state index contributed by atoms with van der Waals surface area (Å²) in [7, 11) is 0. The summed E-state index contributed by atoms with van der Waals surface area (Å²) in [6.07, 6.45) is -6.01. The molecule has 230 valence electrons. The van der Waals surface area contributed by atoms with E-state index >= 15 is 0 Å². The van der Waals surface area contributed by atoms with E-state index in [9.17, 15) is 50.8 Å². The third kappa shape index (κ3) is 6.23. The smallest absolute Gasteiger partial charge is 0.402 e. The van der Waals surface area contributed by atoms with Gasteiger partial charge in [0.05, 0.1) is 11.6 Å². The van der Waals surface area contributed by atoms with Crippen molar-refractivity contribution in [1.82, 2.24) is 0 Å². The van der Waals surface area contributed by atoms with Crippen LogP contribution in [-0.4, -0.2) is 89.2 Å². The van der Waals surface area contributed by atoms with E-state index in [0.29, 0.717) is 5.56 Å². The highest BCUT2D eigenvalue weighted by Crippen LogP contribution is 2.44. The Morgan fingerprint density at radius 2 is 1.50 bits per heavy atom. The maximum atomic E-state index is 12.3. The van der Waals surface area contributed by atoms with Crippen LogP contribution >= 0.6 is 0 Å². The van der Waals surface area contributed by atoms with Gasteiger partial charge in [0.1, 0.15) is 53.7 Å². The van der Waals surface area contributed by atoms with Gasteiger partial charge in [0.2, 0.25) is 12.0 Å². The number of phenolic OH excluding ortho intramolecular Hbond substituents is 6. The average Bonchev–Trinajstić information content (AvgIpc) is 2.98. The standard InChI is InChI=1S/C30H26O14/c31-15-4-1-13(2-5-15)3-6-24(36)41-12-23-26(38)27(39)28(40)30(44-23)43-22-11-17-18(33)9-16(32)10-21(17)42-29(22)14-7-19(34)25(37)20(35)8-14/h1-11,23,26-28,30,38-40H,12H2,(H5-,31,32,33,34,35,36,37)/p+1/t23-,26-,27+,28-,30-/m1/s1. The Bertz CT molecular complexity index is 1690. The number of benzene rings is 3. The Morgan fingerprint density at radius 3 is 2.18 bits per heavy atom. The number of aromatic hydroxyl groups is 6. The molecular formula is C30H27O14+. The Morgan fingerprint density at radius 1 is 0.818 bits per heavy atom. The molecule has 0 saturated carbocycles. The Balaban J connectivity index is 1.41. The summed E-state index contributed by atoms with van der Waals surface area (Å²) >= 11 is 0. The fraction of sp³-hybridized carbons (Fsp3) is 0.200. The van der Waals surface area contributed by atoms with Crippen molar-refractivity contribution in [2.45, 2.75) is 30.7 Å². The largest absolute Gasteiger partial charge is 0.508 e. The summed E-state index contributed by atoms with van der Waals surface area (Å²) < 4.78 is 22.4. The van der Waals surface area contributed by atoms with Gasteiger partial charge in [-0.2, -0.15) is 0 Å². The summed E-state index contributed by atoms with van der Waals surface area (Å²) in [6.45, 7) is -0.571. The van der Waals surface area contributed by atoms with Gasteiger partial charge in [-0.15, -0.1) is 0 Å².